The molecule has 1 atom stereocenters. The number of aryl methyl sites for hydroxylation is 1. The van der Waals surface area contributed by atoms with Crippen LogP contribution in [0.4, 0.5) is 0 Å². The Kier molecular flexibility index (Phi) is 6.43. The molecule has 1 aliphatic heterocycles. The molecule has 140 valence electrons. The van der Waals surface area contributed by atoms with E-state index in [0.717, 1.165) is 48.3 Å². The number of nitrogens with one attached hydrogen (secondary N) is 1. The summed E-state index contributed by atoms with van der Waals surface area (Å²) in [6.07, 6.45) is 3.85. The number of carbonyl (C=O) groups is 1. The molecular formula is C19H26BrN5O. The fraction of sp³-hybridized carbons (Fsp3) is 0.526. The lowest BCUT2D eigenvalue weighted by atomic mass is 9.96. The lowest BCUT2D eigenvalue weighted by molar-refractivity contribution is -0.123. The number of likely N-dealkylation sites (tertiary alicyclic amines) is 1. The third kappa shape index (κ3) is 4.71. The van der Waals surface area contributed by atoms with Crippen LogP contribution in [-0.2, 0) is 11.3 Å². The molecular weight excluding hydrogens is 394 g/mol. The highest BCUT2D eigenvalue weighted by molar-refractivity contribution is 9.10. The summed E-state index contributed by atoms with van der Waals surface area (Å²) in [5.41, 5.74) is 1.11. The predicted molar refractivity (Wildman–Crippen MR) is 105 cm³/mol. The molecule has 26 heavy (non-hydrogen) atoms. The van der Waals surface area contributed by atoms with E-state index in [1.165, 1.54) is 0 Å². The molecule has 1 aromatic heterocycles. The van der Waals surface area contributed by atoms with Gasteiger partial charge in [-0.15, -0.1) is 10.2 Å². The molecule has 0 spiro atoms. The van der Waals surface area contributed by atoms with Crippen molar-refractivity contribution in [1.82, 2.24) is 25.0 Å². The molecule has 1 aliphatic rings. The van der Waals surface area contributed by atoms with Crippen LogP contribution >= 0.6 is 15.9 Å². The summed E-state index contributed by atoms with van der Waals surface area (Å²) in [4.78, 5) is 14.6. The summed E-state index contributed by atoms with van der Waals surface area (Å²) >= 11 is 3.44. The van der Waals surface area contributed by atoms with Crippen LogP contribution in [0.1, 0.15) is 50.0 Å². The summed E-state index contributed by atoms with van der Waals surface area (Å²) < 4.78 is 3.16. The van der Waals surface area contributed by atoms with Crippen LogP contribution in [0.2, 0.25) is 0 Å². The minimum absolute atomic E-state index is 0.0104. The van der Waals surface area contributed by atoms with Crippen molar-refractivity contribution in [3.63, 3.8) is 0 Å². The second kappa shape index (κ2) is 8.77. The number of nitrogens with zero attached hydrogens (tertiary/aromatic N) is 4. The van der Waals surface area contributed by atoms with Crippen LogP contribution < -0.4 is 5.32 Å². The normalized spacial score (nSPS) is 17.2. The van der Waals surface area contributed by atoms with E-state index in [4.69, 9.17) is 0 Å². The third-order valence-corrected chi connectivity index (χ3v) is 5.58. The zero-order valence-electron chi connectivity index (χ0n) is 15.4. The van der Waals surface area contributed by atoms with Gasteiger partial charge in [-0.2, -0.15) is 0 Å². The van der Waals surface area contributed by atoms with Gasteiger partial charge in [-0.1, -0.05) is 28.1 Å². The van der Waals surface area contributed by atoms with Gasteiger partial charge in [0.2, 0.25) is 5.91 Å². The van der Waals surface area contributed by atoms with Crippen molar-refractivity contribution in [3.8, 4) is 0 Å². The van der Waals surface area contributed by atoms with Gasteiger partial charge in [0.15, 0.2) is 0 Å². The minimum Gasteiger partial charge on any atom is -0.348 e. The fourth-order valence-electron chi connectivity index (χ4n) is 3.50. The molecule has 3 rings (SSSR count). The van der Waals surface area contributed by atoms with Crippen LogP contribution in [-0.4, -0.2) is 45.2 Å². The second-order valence-corrected chi connectivity index (χ2v) is 7.78. The van der Waals surface area contributed by atoms with E-state index in [2.05, 4.69) is 47.8 Å². The number of piperidine rings is 1. The standard InChI is InChI=1S/C19H26BrN5O/c1-3-25-13-21-23-19(25)16-8-10-24(11-9-16)12-18(26)22-14(2)15-4-6-17(20)7-5-15/h4-7,13-14,16H,3,8-12H2,1-2H3,(H,22,26). The highest BCUT2D eigenvalue weighted by atomic mass is 79.9. The van der Waals surface area contributed by atoms with Crippen molar-refractivity contribution in [3.05, 3.63) is 46.5 Å². The van der Waals surface area contributed by atoms with Crippen molar-refractivity contribution >= 4 is 21.8 Å². The van der Waals surface area contributed by atoms with Gasteiger partial charge in [-0.05, 0) is 57.5 Å². The third-order valence-electron chi connectivity index (χ3n) is 5.05. The van der Waals surface area contributed by atoms with Crippen LogP contribution in [0.3, 0.4) is 0 Å². The monoisotopic (exact) mass is 419 g/mol. The van der Waals surface area contributed by atoms with Crippen molar-refractivity contribution < 1.29 is 4.79 Å². The SMILES string of the molecule is CCn1cnnc1C1CCN(CC(=O)NC(C)c2ccc(Br)cc2)CC1. The van der Waals surface area contributed by atoms with Crippen molar-refractivity contribution in [2.24, 2.45) is 0 Å². The Morgan fingerprint density at radius 2 is 2.00 bits per heavy atom. The first kappa shape index (κ1) is 19.0. The predicted octanol–water partition coefficient (Wildman–Crippen LogP) is 3.12. The number of halogens is 1. The Morgan fingerprint density at radius 3 is 2.65 bits per heavy atom. The lowest BCUT2D eigenvalue weighted by Crippen LogP contribution is -2.42. The van der Waals surface area contributed by atoms with Crippen LogP contribution in [0, 0.1) is 0 Å². The molecule has 2 aromatic rings. The topological polar surface area (TPSA) is 63.1 Å². The van der Waals surface area contributed by atoms with E-state index >= 15 is 0 Å². The second-order valence-electron chi connectivity index (χ2n) is 6.87. The Bertz CT molecular complexity index is 722. The van der Waals surface area contributed by atoms with Gasteiger partial charge < -0.3 is 9.88 Å². The van der Waals surface area contributed by atoms with Gasteiger partial charge in [-0.25, -0.2) is 0 Å². The summed E-state index contributed by atoms with van der Waals surface area (Å²) in [7, 11) is 0. The average Bonchev–Trinajstić information content (AvgIpc) is 3.11. The van der Waals surface area contributed by atoms with Gasteiger partial charge >= 0.3 is 0 Å². The van der Waals surface area contributed by atoms with E-state index in [0.29, 0.717) is 12.5 Å². The number of benzene rings is 1. The van der Waals surface area contributed by atoms with Crippen molar-refractivity contribution in [2.75, 3.05) is 19.6 Å². The highest BCUT2D eigenvalue weighted by Gasteiger charge is 2.25. The van der Waals surface area contributed by atoms with E-state index in [1.54, 1.807) is 6.33 Å². The van der Waals surface area contributed by atoms with Gasteiger partial charge in [0, 0.05) is 16.9 Å². The fourth-order valence-corrected chi connectivity index (χ4v) is 3.76. The van der Waals surface area contributed by atoms with Crippen LogP contribution in [0.15, 0.2) is 35.1 Å². The van der Waals surface area contributed by atoms with Gasteiger partial charge in [0.05, 0.1) is 12.6 Å². The van der Waals surface area contributed by atoms with Crippen LogP contribution in [0.25, 0.3) is 0 Å². The minimum atomic E-state index is 0.0104. The molecule has 0 aliphatic carbocycles. The first-order valence-electron chi connectivity index (χ1n) is 9.21. The molecule has 0 radical (unpaired) electrons. The summed E-state index contributed by atoms with van der Waals surface area (Å²) in [5, 5.41) is 11.4. The molecule has 1 fully saturated rings. The summed E-state index contributed by atoms with van der Waals surface area (Å²) in [5.74, 6) is 1.61. The maximum absolute atomic E-state index is 12.4. The molecule has 1 saturated heterocycles. The number of hydrogen-bond donors (Lipinski definition) is 1. The molecule has 1 N–H and O–H groups in total. The highest BCUT2D eigenvalue weighted by Crippen LogP contribution is 2.26. The Morgan fingerprint density at radius 1 is 1.31 bits per heavy atom. The molecule has 2 heterocycles. The molecule has 7 heteroatoms. The quantitative estimate of drug-likeness (QED) is 0.780. The van der Waals surface area contributed by atoms with Gasteiger partial charge in [-0.3, -0.25) is 9.69 Å². The van der Waals surface area contributed by atoms with Gasteiger partial charge in [0.1, 0.15) is 12.2 Å². The maximum Gasteiger partial charge on any atom is 0.234 e. The molecule has 0 bridgehead atoms. The summed E-state index contributed by atoms with van der Waals surface area (Å²) in [6.45, 7) is 7.32. The summed E-state index contributed by atoms with van der Waals surface area (Å²) in [6, 6.07) is 8.07. The Labute approximate surface area is 163 Å². The van der Waals surface area contributed by atoms with Crippen molar-refractivity contribution in [2.45, 2.75) is 45.2 Å². The molecule has 1 unspecified atom stereocenters. The van der Waals surface area contributed by atoms with Gasteiger partial charge in [0.25, 0.3) is 0 Å². The zero-order chi connectivity index (χ0) is 18.5. The number of hydrogen-bond acceptors (Lipinski definition) is 4. The molecule has 0 saturated carbocycles. The largest absolute Gasteiger partial charge is 0.348 e. The average molecular weight is 420 g/mol. The zero-order valence-corrected chi connectivity index (χ0v) is 16.9. The van der Waals surface area contributed by atoms with E-state index in [9.17, 15) is 4.79 Å². The first-order chi connectivity index (χ1) is 12.6. The van der Waals surface area contributed by atoms with E-state index in [-0.39, 0.29) is 11.9 Å². The van der Waals surface area contributed by atoms with Crippen LogP contribution in [0.5, 0.6) is 0 Å². The number of aromatic nitrogens is 3. The molecule has 6 nitrogen and oxygen atoms in total. The maximum atomic E-state index is 12.4. The number of carbonyl (C=O) groups excluding carboxylic acids is 1. The number of amides is 1. The molecule has 1 aromatic carbocycles. The van der Waals surface area contributed by atoms with Crippen molar-refractivity contribution in [1.29, 1.82) is 0 Å². The number of rotatable bonds is 6. The first-order valence-corrected chi connectivity index (χ1v) is 10.0. The molecule has 1 amide bonds. The van der Waals surface area contributed by atoms with E-state index in [1.807, 2.05) is 31.2 Å². The Hall–Kier alpha value is -1.73. The lowest BCUT2D eigenvalue weighted by Gasteiger charge is -2.31. The Balaban J connectivity index is 1.46. The smallest absolute Gasteiger partial charge is 0.234 e. The van der Waals surface area contributed by atoms with E-state index < -0.39 is 0 Å².